The molecule has 0 aliphatic rings. The maximum absolute atomic E-state index is 4.29. The largest absolute Gasteiger partial charge is 0.275 e. The summed E-state index contributed by atoms with van der Waals surface area (Å²) in [7, 11) is 1.90. The lowest BCUT2D eigenvalue weighted by molar-refractivity contribution is 0.763. The number of nitrogens with zero attached hydrogens (tertiary/aromatic N) is 2. The third-order valence-corrected chi connectivity index (χ3v) is 1.69. The zero-order valence-electron chi connectivity index (χ0n) is 7.89. The normalized spacial score (nSPS) is 9.92. The van der Waals surface area contributed by atoms with Crippen molar-refractivity contribution in [2.45, 2.75) is 13.8 Å². The first-order valence-electron chi connectivity index (χ1n) is 3.87. The molecule has 0 aromatic carbocycles. The van der Waals surface area contributed by atoms with E-state index in [0.717, 1.165) is 22.4 Å². The van der Waals surface area contributed by atoms with Crippen molar-refractivity contribution in [3.05, 3.63) is 30.6 Å². The predicted molar refractivity (Wildman–Crippen MR) is 52.6 cm³/mol. The molecule has 0 fully saturated rings. The molecule has 0 atom stereocenters. The second-order valence-electron chi connectivity index (χ2n) is 3.13. The van der Waals surface area contributed by atoms with Gasteiger partial charge in [0.15, 0.2) is 0 Å². The molecule has 64 valence electrons. The smallest absolute Gasteiger partial charge is 0.0948 e. The van der Waals surface area contributed by atoms with Crippen LogP contribution in [-0.4, -0.2) is 9.78 Å². The van der Waals surface area contributed by atoms with E-state index in [1.807, 2.05) is 27.1 Å². The zero-order valence-corrected chi connectivity index (χ0v) is 7.89. The van der Waals surface area contributed by atoms with Gasteiger partial charge in [0.1, 0.15) is 0 Å². The molecule has 0 bridgehead atoms. The SMILES string of the molecule is C=C(C)c1cn(C)nc1C(=C)C. The quantitative estimate of drug-likeness (QED) is 0.653. The molecular weight excluding hydrogens is 148 g/mol. The lowest BCUT2D eigenvalue weighted by atomic mass is 10.1. The van der Waals surface area contributed by atoms with Gasteiger partial charge in [-0.05, 0) is 25.0 Å². The second kappa shape index (κ2) is 2.97. The highest BCUT2D eigenvalue weighted by Gasteiger charge is 2.07. The van der Waals surface area contributed by atoms with Crippen LogP contribution in [0.5, 0.6) is 0 Å². The minimum Gasteiger partial charge on any atom is -0.275 e. The topological polar surface area (TPSA) is 17.8 Å². The fourth-order valence-corrected chi connectivity index (χ4v) is 1.12. The lowest BCUT2D eigenvalue weighted by Gasteiger charge is -1.97. The Bertz CT molecular complexity index is 300. The number of aryl methyl sites for hydroxylation is 1. The summed E-state index contributed by atoms with van der Waals surface area (Å²) < 4.78 is 1.79. The molecule has 1 heterocycles. The minimum atomic E-state index is 0.949. The van der Waals surface area contributed by atoms with Crippen LogP contribution >= 0.6 is 0 Å². The van der Waals surface area contributed by atoms with Gasteiger partial charge in [-0.1, -0.05) is 13.2 Å². The van der Waals surface area contributed by atoms with Crippen LogP contribution in [-0.2, 0) is 7.05 Å². The molecule has 0 aliphatic carbocycles. The van der Waals surface area contributed by atoms with Crippen LogP contribution in [0.15, 0.2) is 19.4 Å². The van der Waals surface area contributed by atoms with Gasteiger partial charge in [-0.25, -0.2) is 0 Å². The van der Waals surface area contributed by atoms with Crippen LogP contribution in [0.3, 0.4) is 0 Å². The van der Waals surface area contributed by atoms with Gasteiger partial charge in [-0.3, -0.25) is 4.68 Å². The lowest BCUT2D eigenvalue weighted by Crippen LogP contribution is -1.88. The van der Waals surface area contributed by atoms with Crippen LogP contribution < -0.4 is 0 Å². The molecule has 1 aromatic heterocycles. The van der Waals surface area contributed by atoms with Crippen molar-refractivity contribution in [2.75, 3.05) is 0 Å². The number of hydrogen-bond donors (Lipinski definition) is 0. The third kappa shape index (κ3) is 1.47. The number of rotatable bonds is 2. The van der Waals surface area contributed by atoms with E-state index < -0.39 is 0 Å². The van der Waals surface area contributed by atoms with Crippen molar-refractivity contribution >= 4 is 11.1 Å². The molecule has 0 amide bonds. The van der Waals surface area contributed by atoms with Gasteiger partial charge in [0, 0.05) is 18.8 Å². The maximum Gasteiger partial charge on any atom is 0.0948 e. The van der Waals surface area contributed by atoms with Gasteiger partial charge < -0.3 is 0 Å². The summed E-state index contributed by atoms with van der Waals surface area (Å²) in [5, 5.41) is 4.29. The Balaban J connectivity index is 3.26. The summed E-state index contributed by atoms with van der Waals surface area (Å²) in [5.41, 5.74) is 4.05. The highest BCUT2D eigenvalue weighted by atomic mass is 15.2. The molecule has 2 heteroatoms. The monoisotopic (exact) mass is 162 g/mol. The van der Waals surface area contributed by atoms with Gasteiger partial charge in [-0.2, -0.15) is 5.10 Å². The third-order valence-electron chi connectivity index (χ3n) is 1.69. The van der Waals surface area contributed by atoms with E-state index in [0.29, 0.717) is 0 Å². The van der Waals surface area contributed by atoms with Crippen molar-refractivity contribution in [2.24, 2.45) is 7.05 Å². The summed E-state index contributed by atoms with van der Waals surface area (Å²) in [6.45, 7) is 11.7. The molecule has 2 nitrogen and oxygen atoms in total. The fourth-order valence-electron chi connectivity index (χ4n) is 1.12. The Morgan fingerprint density at radius 2 is 1.92 bits per heavy atom. The summed E-state index contributed by atoms with van der Waals surface area (Å²) >= 11 is 0. The highest BCUT2D eigenvalue weighted by molar-refractivity contribution is 5.73. The van der Waals surface area contributed by atoms with E-state index in [1.54, 1.807) is 4.68 Å². The number of hydrogen-bond acceptors (Lipinski definition) is 1. The number of aromatic nitrogens is 2. The minimum absolute atomic E-state index is 0.949. The summed E-state index contributed by atoms with van der Waals surface area (Å²) in [6.07, 6.45) is 1.96. The molecule has 0 N–H and O–H groups in total. The molecule has 12 heavy (non-hydrogen) atoms. The van der Waals surface area contributed by atoms with Gasteiger partial charge in [-0.15, -0.1) is 0 Å². The molecular formula is C10H14N2. The number of allylic oxidation sites excluding steroid dienone is 2. The van der Waals surface area contributed by atoms with Crippen LogP contribution in [0.2, 0.25) is 0 Å². The highest BCUT2D eigenvalue weighted by Crippen LogP contribution is 2.20. The Morgan fingerprint density at radius 3 is 2.25 bits per heavy atom. The first-order valence-corrected chi connectivity index (χ1v) is 3.87. The standard InChI is InChI=1S/C10H14N2/c1-7(2)9-6-12(5)11-10(9)8(3)4/h6H,1,3H2,2,4-5H3. The molecule has 0 radical (unpaired) electrons. The Labute approximate surface area is 73.2 Å². The van der Waals surface area contributed by atoms with Crippen molar-refractivity contribution in [3.8, 4) is 0 Å². The van der Waals surface area contributed by atoms with E-state index in [-0.39, 0.29) is 0 Å². The van der Waals surface area contributed by atoms with E-state index in [4.69, 9.17) is 0 Å². The fraction of sp³-hybridized carbons (Fsp3) is 0.300. The van der Waals surface area contributed by atoms with Gasteiger partial charge in [0.05, 0.1) is 5.69 Å². The van der Waals surface area contributed by atoms with Crippen molar-refractivity contribution < 1.29 is 0 Å². The zero-order chi connectivity index (χ0) is 9.30. The van der Waals surface area contributed by atoms with Crippen LogP contribution in [0.1, 0.15) is 25.1 Å². The molecule has 0 spiro atoms. The predicted octanol–water partition coefficient (Wildman–Crippen LogP) is 2.49. The van der Waals surface area contributed by atoms with Crippen molar-refractivity contribution in [1.29, 1.82) is 0 Å². The summed E-state index contributed by atoms with van der Waals surface area (Å²) in [4.78, 5) is 0. The van der Waals surface area contributed by atoms with E-state index in [2.05, 4.69) is 18.3 Å². The van der Waals surface area contributed by atoms with Crippen molar-refractivity contribution in [3.63, 3.8) is 0 Å². The molecule has 0 saturated heterocycles. The molecule has 0 saturated carbocycles. The van der Waals surface area contributed by atoms with E-state index in [1.165, 1.54) is 0 Å². The van der Waals surface area contributed by atoms with E-state index in [9.17, 15) is 0 Å². The van der Waals surface area contributed by atoms with Crippen LogP contribution in [0.25, 0.3) is 11.1 Å². The molecule has 1 rings (SSSR count). The average Bonchev–Trinajstić information content (AvgIpc) is 2.31. The first kappa shape index (κ1) is 8.78. The van der Waals surface area contributed by atoms with Crippen molar-refractivity contribution in [1.82, 2.24) is 9.78 Å². The van der Waals surface area contributed by atoms with Gasteiger partial charge in [0.25, 0.3) is 0 Å². The van der Waals surface area contributed by atoms with Gasteiger partial charge >= 0.3 is 0 Å². The van der Waals surface area contributed by atoms with Gasteiger partial charge in [0.2, 0.25) is 0 Å². The second-order valence-corrected chi connectivity index (χ2v) is 3.13. The van der Waals surface area contributed by atoms with Crippen LogP contribution in [0.4, 0.5) is 0 Å². The Kier molecular flexibility index (Phi) is 2.18. The summed E-state index contributed by atoms with van der Waals surface area (Å²) in [6, 6.07) is 0. The van der Waals surface area contributed by atoms with Crippen LogP contribution in [0, 0.1) is 0 Å². The molecule has 1 aromatic rings. The first-order chi connectivity index (χ1) is 5.52. The average molecular weight is 162 g/mol. The Morgan fingerprint density at radius 1 is 1.33 bits per heavy atom. The molecule has 0 aliphatic heterocycles. The summed E-state index contributed by atoms with van der Waals surface area (Å²) in [5.74, 6) is 0. The molecule has 0 unspecified atom stereocenters. The Hall–Kier alpha value is -1.31. The maximum atomic E-state index is 4.29. The van der Waals surface area contributed by atoms with E-state index >= 15 is 0 Å².